The largest absolute Gasteiger partial charge is 0.494 e. The first-order valence-corrected chi connectivity index (χ1v) is 10.5. The molecule has 2 aromatic carbocycles. The first-order chi connectivity index (χ1) is 15.2. The van der Waals surface area contributed by atoms with Crippen molar-refractivity contribution in [1.82, 2.24) is 9.97 Å². The van der Waals surface area contributed by atoms with Gasteiger partial charge in [-0.15, -0.1) is 0 Å². The lowest BCUT2D eigenvalue weighted by atomic mass is 10.2. The maximum absolute atomic E-state index is 13.4. The number of rotatable bonds is 7. The zero-order chi connectivity index (χ0) is 21.6. The number of amides is 1. The molecule has 1 aromatic heterocycles. The van der Waals surface area contributed by atoms with Crippen LogP contribution in [0.15, 0.2) is 42.5 Å². The smallest absolute Gasteiger partial charge is 0.278 e. The number of morpholine rings is 1. The fourth-order valence-electron chi connectivity index (χ4n) is 3.46. The number of carbonyl (C=O) groups excluding carboxylic acids is 1. The summed E-state index contributed by atoms with van der Waals surface area (Å²) in [5.74, 6) is 1.42. The maximum Gasteiger partial charge on any atom is 0.278 e. The van der Waals surface area contributed by atoms with Gasteiger partial charge in [-0.1, -0.05) is 12.1 Å². The van der Waals surface area contributed by atoms with Crippen molar-refractivity contribution >= 4 is 28.4 Å². The fourth-order valence-corrected chi connectivity index (χ4v) is 3.46. The van der Waals surface area contributed by atoms with E-state index in [4.69, 9.17) is 19.2 Å². The summed E-state index contributed by atoms with van der Waals surface area (Å²) in [4.78, 5) is 24.8. The summed E-state index contributed by atoms with van der Waals surface area (Å²) in [5, 5.41) is 2.95. The lowest BCUT2D eigenvalue weighted by Crippen LogP contribution is -2.38. The van der Waals surface area contributed by atoms with Crippen LogP contribution in [-0.4, -0.2) is 55.4 Å². The van der Waals surface area contributed by atoms with Crippen LogP contribution in [-0.2, 0) is 4.74 Å². The van der Waals surface area contributed by atoms with E-state index in [1.165, 1.54) is 0 Å². The van der Waals surface area contributed by atoms with E-state index in [0.717, 1.165) is 5.52 Å². The first kappa shape index (κ1) is 20.9. The Balaban J connectivity index is 1.72. The molecule has 0 bridgehead atoms. The van der Waals surface area contributed by atoms with E-state index >= 15 is 0 Å². The molecule has 1 fully saturated rings. The Bertz CT molecular complexity index is 1070. The van der Waals surface area contributed by atoms with E-state index in [1.54, 1.807) is 12.1 Å². The van der Waals surface area contributed by atoms with Crippen molar-refractivity contribution in [3.63, 3.8) is 0 Å². The van der Waals surface area contributed by atoms with Gasteiger partial charge in [0.05, 0.1) is 43.1 Å². The summed E-state index contributed by atoms with van der Waals surface area (Å²) in [6.07, 6.45) is 0. The second-order valence-corrected chi connectivity index (χ2v) is 6.96. The lowest BCUT2D eigenvalue weighted by molar-refractivity contribution is 0.101. The minimum Gasteiger partial charge on any atom is -0.494 e. The van der Waals surface area contributed by atoms with Gasteiger partial charge in [0.1, 0.15) is 11.5 Å². The molecule has 8 nitrogen and oxygen atoms in total. The zero-order valence-electron chi connectivity index (χ0n) is 17.8. The molecular formula is C23H26N4O4. The molecule has 1 saturated heterocycles. The summed E-state index contributed by atoms with van der Waals surface area (Å²) in [6, 6.07) is 12.9. The second kappa shape index (κ2) is 9.61. The van der Waals surface area contributed by atoms with Crippen LogP contribution in [0.25, 0.3) is 11.0 Å². The molecule has 0 unspecified atom stereocenters. The SMILES string of the molecule is CCOc1ccc(OCC)c(NC(=O)c2nc3ccccc3nc2N2CCOCC2)c1. The Labute approximate surface area is 181 Å². The molecule has 2 heterocycles. The van der Waals surface area contributed by atoms with Crippen LogP contribution < -0.4 is 19.7 Å². The fraction of sp³-hybridized carbons (Fsp3) is 0.348. The Kier molecular flexibility index (Phi) is 6.47. The van der Waals surface area contributed by atoms with Gasteiger partial charge in [-0.25, -0.2) is 9.97 Å². The van der Waals surface area contributed by atoms with E-state index in [0.29, 0.717) is 68.0 Å². The molecule has 1 aliphatic heterocycles. The van der Waals surface area contributed by atoms with E-state index < -0.39 is 0 Å². The highest BCUT2D eigenvalue weighted by molar-refractivity contribution is 6.08. The number of benzene rings is 2. The number of aromatic nitrogens is 2. The molecule has 0 saturated carbocycles. The molecule has 1 N–H and O–H groups in total. The van der Waals surface area contributed by atoms with Crippen molar-refractivity contribution in [2.24, 2.45) is 0 Å². The predicted octanol–water partition coefficient (Wildman–Crippen LogP) is 3.52. The number of hydrogen-bond donors (Lipinski definition) is 1. The van der Waals surface area contributed by atoms with Crippen LogP contribution in [0.4, 0.5) is 11.5 Å². The number of hydrogen-bond acceptors (Lipinski definition) is 7. The molecule has 3 aromatic rings. The predicted molar refractivity (Wildman–Crippen MR) is 119 cm³/mol. The summed E-state index contributed by atoms with van der Waals surface area (Å²) in [5.41, 5.74) is 2.21. The zero-order valence-corrected chi connectivity index (χ0v) is 17.8. The topological polar surface area (TPSA) is 85.8 Å². The normalized spacial score (nSPS) is 13.8. The van der Waals surface area contributed by atoms with Crippen LogP contribution >= 0.6 is 0 Å². The van der Waals surface area contributed by atoms with Gasteiger partial charge in [-0.2, -0.15) is 0 Å². The average Bonchev–Trinajstić information content (AvgIpc) is 2.80. The minimum absolute atomic E-state index is 0.268. The maximum atomic E-state index is 13.4. The van der Waals surface area contributed by atoms with E-state index in [2.05, 4.69) is 10.3 Å². The molecule has 0 aliphatic carbocycles. The van der Waals surface area contributed by atoms with Crippen molar-refractivity contribution < 1.29 is 19.0 Å². The molecule has 8 heteroatoms. The van der Waals surface area contributed by atoms with Crippen LogP contribution in [0.1, 0.15) is 24.3 Å². The monoisotopic (exact) mass is 422 g/mol. The van der Waals surface area contributed by atoms with Crippen LogP contribution in [0.3, 0.4) is 0 Å². The Morgan fingerprint density at radius 3 is 2.45 bits per heavy atom. The van der Waals surface area contributed by atoms with Gasteiger partial charge in [-0.3, -0.25) is 4.79 Å². The number of carbonyl (C=O) groups is 1. The van der Waals surface area contributed by atoms with Gasteiger partial charge in [-0.05, 0) is 38.1 Å². The number of ether oxygens (including phenoxy) is 3. The Hall–Kier alpha value is -3.39. The van der Waals surface area contributed by atoms with Crippen LogP contribution in [0, 0.1) is 0 Å². The lowest BCUT2D eigenvalue weighted by Gasteiger charge is -2.29. The van der Waals surface area contributed by atoms with Gasteiger partial charge < -0.3 is 24.4 Å². The van der Waals surface area contributed by atoms with Crippen molar-refractivity contribution in [3.05, 3.63) is 48.2 Å². The molecule has 0 spiro atoms. The third kappa shape index (κ3) is 4.69. The van der Waals surface area contributed by atoms with Gasteiger partial charge >= 0.3 is 0 Å². The molecule has 1 aliphatic rings. The van der Waals surface area contributed by atoms with Crippen molar-refractivity contribution in [2.45, 2.75) is 13.8 Å². The van der Waals surface area contributed by atoms with Gasteiger partial charge in [0.25, 0.3) is 5.91 Å². The van der Waals surface area contributed by atoms with E-state index in [1.807, 2.05) is 49.1 Å². The second-order valence-electron chi connectivity index (χ2n) is 6.96. The van der Waals surface area contributed by atoms with Crippen LogP contribution in [0.2, 0.25) is 0 Å². The highest BCUT2D eigenvalue weighted by atomic mass is 16.5. The first-order valence-electron chi connectivity index (χ1n) is 10.5. The average molecular weight is 422 g/mol. The van der Waals surface area contributed by atoms with Crippen molar-refractivity contribution in [3.8, 4) is 11.5 Å². The Morgan fingerprint density at radius 1 is 1.03 bits per heavy atom. The highest BCUT2D eigenvalue weighted by Crippen LogP contribution is 2.31. The van der Waals surface area contributed by atoms with Crippen LogP contribution in [0.5, 0.6) is 11.5 Å². The third-order valence-corrected chi connectivity index (χ3v) is 4.89. The minimum atomic E-state index is -0.352. The molecule has 1 amide bonds. The van der Waals surface area contributed by atoms with Gasteiger partial charge in [0.2, 0.25) is 0 Å². The highest BCUT2D eigenvalue weighted by Gasteiger charge is 2.24. The van der Waals surface area contributed by atoms with Gasteiger partial charge in [0, 0.05) is 19.2 Å². The number of nitrogens with zero attached hydrogens (tertiary/aromatic N) is 3. The van der Waals surface area contributed by atoms with Crippen molar-refractivity contribution in [1.29, 1.82) is 0 Å². The molecular weight excluding hydrogens is 396 g/mol. The number of para-hydroxylation sites is 2. The molecule has 0 atom stereocenters. The molecule has 31 heavy (non-hydrogen) atoms. The quantitative estimate of drug-likeness (QED) is 0.623. The van der Waals surface area contributed by atoms with Gasteiger partial charge in [0.15, 0.2) is 11.5 Å². The van der Waals surface area contributed by atoms with Crippen molar-refractivity contribution in [2.75, 3.05) is 49.7 Å². The van der Waals surface area contributed by atoms with E-state index in [9.17, 15) is 4.79 Å². The summed E-state index contributed by atoms with van der Waals surface area (Å²) >= 11 is 0. The molecule has 162 valence electrons. The third-order valence-electron chi connectivity index (χ3n) is 4.89. The number of nitrogens with one attached hydrogen (secondary N) is 1. The number of anilines is 2. The molecule has 0 radical (unpaired) electrons. The Morgan fingerprint density at radius 2 is 1.74 bits per heavy atom. The summed E-state index contributed by atoms with van der Waals surface area (Å²) < 4.78 is 16.7. The molecule has 4 rings (SSSR count). The standard InChI is InChI=1S/C23H26N4O4/c1-3-30-16-9-10-20(31-4-2)19(15-16)26-23(28)21-22(27-11-13-29-14-12-27)25-18-8-6-5-7-17(18)24-21/h5-10,15H,3-4,11-14H2,1-2H3,(H,26,28). The van der Waals surface area contributed by atoms with E-state index in [-0.39, 0.29) is 11.6 Å². The summed E-state index contributed by atoms with van der Waals surface area (Å²) in [6.45, 7) is 7.28. The number of fused-ring (bicyclic) bond motifs is 1. The summed E-state index contributed by atoms with van der Waals surface area (Å²) in [7, 11) is 0.